The van der Waals surface area contributed by atoms with Crippen LogP contribution < -0.4 is 0 Å². The second-order valence-corrected chi connectivity index (χ2v) is 8.61. The van der Waals surface area contributed by atoms with Gasteiger partial charge in [0.15, 0.2) is 5.82 Å². The Hall–Kier alpha value is -2.80. The van der Waals surface area contributed by atoms with Crippen molar-refractivity contribution in [3.8, 4) is 0 Å². The van der Waals surface area contributed by atoms with Gasteiger partial charge >= 0.3 is 0 Å². The molecule has 2 aliphatic heterocycles. The average molecular weight is 421 g/mol. The summed E-state index contributed by atoms with van der Waals surface area (Å²) in [5, 5.41) is 6.16. The van der Waals surface area contributed by atoms with Gasteiger partial charge in [-0.25, -0.2) is 0 Å². The van der Waals surface area contributed by atoms with Gasteiger partial charge in [0.1, 0.15) is 5.69 Å². The first-order chi connectivity index (χ1) is 15.3. The van der Waals surface area contributed by atoms with Crippen LogP contribution in [0.2, 0.25) is 0 Å². The van der Waals surface area contributed by atoms with E-state index < -0.39 is 0 Å². The maximum atomic E-state index is 13.2. The number of fused-ring (bicyclic) bond motifs is 1. The molecule has 7 nitrogen and oxygen atoms in total. The lowest BCUT2D eigenvalue weighted by Crippen LogP contribution is -2.40. The molecule has 1 amide bonds. The van der Waals surface area contributed by atoms with Crippen LogP contribution in [-0.2, 0) is 11.2 Å². The zero-order valence-corrected chi connectivity index (χ0v) is 17.7. The fourth-order valence-corrected chi connectivity index (χ4v) is 4.74. The number of pyridine rings is 1. The largest absolute Gasteiger partial charge is 0.381 e. The fourth-order valence-electron chi connectivity index (χ4n) is 4.74. The smallest absolute Gasteiger partial charge is 0.273 e. The van der Waals surface area contributed by atoms with Gasteiger partial charge in [0.05, 0.1) is 0 Å². The van der Waals surface area contributed by atoms with E-state index >= 15 is 0 Å². The number of carbonyl (C=O) groups is 1. The number of piperidine rings is 1. The van der Waals surface area contributed by atoms with Crippen LogP contribution in [0, 0.1) is 5.92 Å². The molecule has 2 fully saturated rings. The number of rotatable bonds is 5. The number of benzene rings is 1. The van der Waals surface area contributed by atoms with Gasteiger partial charge in [0.2, 0.25) is 5.89 Å². The molecule has 0 bridgehead atoms. The first-order valence-corrected chi connectivity index (χ1v) is 11.3. The summed E-state index contributed by atoms with van der Waals surface area (Å²) in [5.41, 5.74) is 0.554. The zero-order chi connectivity index (χ0) is 21.0. The van der Waals surface area contributed by atoms with Crippen LogP contribution in [0.15, 0.2) is 41.1 Å². The molecule has 0 aliphatic carbocycles. The third kappa shape index (κ3) is 4.46. The molecule has 0 N–H and O–H groups in total. The van der Waals surface area contributed by atoms with Gasteiger partial charge in [0.25, 0.3) is 5.91 Å². The van der Waals surface area contributed by atoms with Crippen LogP contribution in [0.25, 0.3) is 10.8 Å². The number of amides is 1. The Morgan fingerprint density at radius 2 is 2.00 bits per heavy atom. The highest BCUT2D eigenvalue weighted by atomic mass is 16.5. The highest BCUT2D eigenvalue weighted by molar-refractivity contribution is 6.05. The lowest BCUT2D eigenvalue weighted by molar-refractivity contribution is 0.0664. The summed E-state index contributed by atoms with van der Waals surface area (Å²) in [6.45, 7) is 3.07. The quantitative estimate of drug-likeness (QED) is 0.621. The Morgan fingerprint density at radius 3 is 2.90 bits per heavy atom. The summed E-state index contributed by atoms with van der Waals surface area (Å²) in [7, 11) is 0. The van der Waals surface area contributed by atoms with Gasteiger partial charge < -0.3 is 14.2 Å². The van der Waals surface area contributed by atoms with Gasteiger partial charge in [-0.2, -0.15) is 4.98 Å². The lowest BCUT2D eigenvalue weighted by Gasteiger charge is -2.32. The molecule has 2 aliphatic rings. The van der Waals surface area contributed by atoms with E-state index in [9.17, 15) is 4.79 Å². The van der Waals surface area contributed by atoms with Gasteiger partial charge in [0, 0.05) is 50.2 Å². The summed E-state index contributed by atoms with van der Waals surface area (Å²) < 4.78 is 10.9. The maximum Gasteiger partial charge on any atom is 0.273 e. The maximum absolute atomic E-state index is 13.2. The van der Waals surface area contributed by atoms with E-state index in [1.165, 1.54) is 0 Å². The first kappa shape index (κ1) is 20.1. The van der Waals surface area contributed by atoms with E-state index in [2.05, 4.69) is 15.1 Å². The second kappa shape index (κ2) is 9.14. The number of aromatic nitrogens is 3. The van der Waals surface area contributed by atoms with Crippen molar-refractivity contribution < 1.29 is 14.1 Å². The van der Waals surface area contributed by atoms with Crippen LogP contribution in [0.1, 0.15) is 60.2 Å². The number of likely N-dealkylation sites (tertiary alicyclic amines) is 1. The van der Waals surface area contributed by atoms with E-state index in [4.69, 9.17) is 9.26 Å². The first-order valence-electron chi connectivity index (χ1n) is 11.3. The summed E-state index contributed by atoms with van der Waals surface area (Å²) in [6, 6.07) is 9.89. The molecule has 2 saturated heterocycles. The molecule has 31 heavy (non-hydrogen) atoms. The van der Waals surface area contributed by atoms with E-state index in [0.717, 1.165) is 87.3 Å². The molecule has 1 aromatic carbocycles. The minimum atomic E-state index is 0.0304. The minimum Gasteiger partial charge on any atom is -0.381 e. The fraction of sp³-hybridized carbons (Fsp3) is 0.500. The predicted molar refractivity (Wildman–Crippen MR) is 116 cm³/mol. The van der Waals surface area contributed by atoms with Gasteiger partial charge in [-0.15, -0.1) is 0 Å². The molecule has 1 atom stereocenters. The standard InChI is InChI=1S/C24H28N4O3/c29-24(22-20-6-2-1-5-18(20)9-12-25-22)28-13-3-4-17(16-28)7-8-21-26-23(31-27-21)19-10-14-30-15-11-19/h1-2,5-6,9,12,17,19H,3-4,7-8,10-11,13-16H2. The van der Waals surface area contributed by atoms with Crippen LogP contribution in [0.5, 0.6) is 0 Å². The van der Waals surface area contributed by atoms with Crippen molar-refractivity contribution in [1.82, 2.24) is 20.0 Å². The van der Waals surface area contributed by atoms with Crippen molar-refractivity contribution in [3.05, 3.63) is 53.9 Å². The summed E-state index contributed by atoms with van der Waals surface area (Å²) in [5.74, 6) is 2.33. The highest BCUT2D eigenvalue weighted by Crippen LogP contribution is 2.27. The molecular weight excluding hydrogens is 392 g/mol. The van der Waals surface area contributed by atoms with Gasteiger partial charge in [-0.1, -0.05) is 29.4 Å². The van der Waals surface area contributed by atoms with Crippen LogP contribution >= 0.6 is 0 Å². The van der Waals surface area contributed by atoms with Crippen molar-refractivity contribution in [2.45, 2.75) is 44.4 Å². The van der Waals surface area contributed by atoms with Crippen LogP contribution in [-0.4, -0.2) is 52.2 Å². The third-order valence-electron chi connectivity index (χ3n) is 6.51. The number of hydrogen-bond donors (Lipinski definition) is 0. The SMILES string of the molecule is O=C(c1nccc2ccccc12)N1CCCC(CCc2noc(C3CCOCC3)n2)C1. The van der Waals surface area contributed by atoms with Crippen molar-refractivity contribution in [2.75, 3.05) is 26.3 Å². The molecule has 0 saturated carbocycles. The van der Waals surface area contributed by atoms with Crippen LogP contribution in [0.4, 0.5) is 0 Å². The molecule has 7 heteroatoms. The van der Waals surface area contributed by atoms with E-state index in [-0.39, 0.29) is 5.91 Å². The topological polar surface area (TPSA) is 81.4 Å². The van der Waals surface area contributed by atoms with Gasteiger partial charge in [-0.05, 0) is 49.5 Å². The minimum absolute atomic E-state index is 0.0304. The molecule has 4 heterocycles. The second-order valence-electron chi connectivity index (χ2n) is 8.61. The zero-order valence-electron chi connectivity index (χ0n) is 17.7. The van der Waals surface area contributed by atoms with Crippen LogP contribution in [0.3, 0.4) is 0 Å². The summed E-state index contributed by atoms with van der Waals surface area (Å²) in [4.78, 5) is 24.2. The Balaban J connectivity index is 1.21. The summed E-state index contributed by atoms with van der Waals surface area (Å²) >= 11 is 0. The molecular formula is C24H28N4O3. The van der Waals surface area contributed by atoms with Crippen molar-refractivity contribution >= 4 is 16.7 Å². The monoisotopic (exact) mass is 420 g/mol. The molecule has 0 spiro atoms. The van der Waals surface area contributed by atoms with E-state index in [1.807, 2.05) is 35.2 Å². The normalized spacial score (nSPS) is 20.3. The summed E-state index contributed by atoms with van der Waals surface area (Å²) in [6.07, 6.45) is 7.50. The molecule has 2 aromatic heterocycles. The molecule has 0 radical (unpaired) electrons. The average Bonchev–Trinajstić information content (AvgIpc) is 3.32. The highest BCUT2D eigenvalue weighted by Gasteiger charge is 2.27. The number of hydrogen-bond acceptors (Lipinski definition) is 6. The molecule has 3 aromatic rings. The van der Waals surface area contributed by atoms with Crippen molar-refractivity contribution in [1.29, 1.82) is 0 Å². The van der Waals surface area contributed by atoms with E-state index in [1.54, 1.807) is 6.20 Å². The molecule has 1 unspecified atom stereocenters. The van der Waals surface area contributed by atoms with Crippen molar-refractivity contribution in [2.24, 2.45) is 5.92 Å². The number of ether oxygens (including phenoxy) is 1. The molecule has 5 rings (SSSR count). The number of aryl methyl sites for hydroxylation is 1. The molecule has 162 valence electrons. The Morgan fingerprint density at radius 1 is 1.13 bits per heavy atom. The number of carbonyl (C=O) groups excluding carboxylic acids is 1. The van der Waals surface area contributed by atoms with Crippen molar-refractivity contribution in [3.63, 3.8) is 0 Å². The van der Waals surface area contributed by atoms with E-state index in [0.29, 0.717) is 17.5 Å². The third-order valence-corrected chi connectivity index (χ3v) is 6.51. The Labute approximate surface area is 181 Å². The predicted octanol–water partition coefficient (Wildman–Crippen LogP) is 4.00. The van der Waals surface area contributed by atoms with Gasteiger partial charge in [-0.3, -0.25) is 9.78 Å². The number of nitrogens with zero attached hydrogens (tertiary/aromatic N) is 4. The Kier molecular flexibility index (Phi) is 5.93. The lowest BCUT2D eigenvalue weighted by atomic mass is 9.93. The Bertz CT molecular complexity index is 1040.